The van der Waals surface area contributed by atoms with Crippen molar-refractivity contribution >= 4 is 56.4 Å². The molecule has 1 aromatic heterocycles. The van der Waals surface area contributed by atoms with E-state index < -0.39 is 0 Å². The number of esters is 1. The molecule has 0 bridgehead atoms. The van der Waals surface area contributed by atoms with Crippen LogP contribution in [-0.4, -0.2) is 23.8 Å². The van der Waals surface area contributed by atoms with Crippen LogP contribution in [0, 0.1) is 0 Å². The van der Waals surface area contributed by atoms with E-state index in [0.717, 1.165) is 4.90 Å². The third-order valence-corrected chi connectivity index (χ3v) is 4.11. The molecule has 0 unspecified atom stereocenters. The van der Waals surface area contributed by atoms with Gasteiger partial charge in [0.1, 0.15) is 5.52 Å². The Morgan fingerprint density at radius 3 is 3.11 bits per heavy atom. The fourth-order valence-corrected chi connectivity index (χ4v) is 2.96. The largest absolute Gasteiger partial charge is 0.469 e. The molecule has 0 aliphatic heterocycles. The smallest absolute Gasteiger partial charge is 0.306 e. The molecular weight excluding hydrogens is 342 g/mol. The van der Waals surface area contributed by atoms with Crippen molar-refractivity contribution in [1.82, 2.24) is 4.98 Å². The highest BCUT2D eigenvalue weighted by molar-refractivity contribution is 9.10. The maximum absolute atomic E-state index is 11.0. The van der Waals surface area contributed by atoms with E-state index in [1.165, 1.54) is 18.9 Å². The Bertz CT molecular complexity index is 587. The van der Waals surface area contributed by atoms with Gasteiger partial charge in [-0.25, -0.2) is 4.98 Å². The van der Waals surface area contributed by atoms with E-state index in [1.54, 1.807) is 0 Å². The Labute approximate surface area is 121 Å². The van der Waals surface area contributed by atoms with Crippen LogP contribution in [0.1, 0.15) is 6.42 Å². The number of carbonyl (C=O) groups is 1. The molecule has 0 amide bonds. The van der Waals surface area contributed by atoms with Gasteiger partial charge in [0.25, 0.3) is 4.80 Å². The number of rotatable bonds is 4. The van der Waals surface area contributed by atoms with Crippen LogP contribution in [0.4, 0.5) is 0 Å². The molecule has 0 spiro atoms. The van der Waals surface area contributed by atoms with Gasteiger partial charge < -0.3 is 9.15 Å². The van der Waals surface area contributed by atoms with Crippen molar-refractivity contribution in [3.05, 3.63) is 22.0 Å². The van der Waals surface area contributed by atoms with E-state index in [4.69, 9.17) is 16.0 Å². The molecule has 0 N–H and O–H groups in total. The third kappa shape index (κ3) is 2.99. The van der Waals surface area contributed by atoms with Crippen LogP contribution in [0.3, 0.4) is 0 Å². The number of benzene rings is 1. The summed E-state index contributed by atoms with van der Waals surface area (Å²) >= 11 is 10.9. The molecule has 1 heterocycles. The summed E-state index contributed by atoms with van der Waals surface area (Å²) in [5.41, 5.74) is 1.25. The summed E-state index contributed by atoms with van der Waals surface area (Å²) in [4.78, 5) is 16.4. The number of hydrogen-bond donors (Lipinski definition) is 0. The van der Waals surface area contributed by atoms with Crippen LogP contribution in [0.15, 0.2) is 26.2 Å². The molecular formula is C11H9BrClNO3S. The van der Waals surface area contributed by atoms with Gasteiger partial charge in [0.2, 0.25) is 0 Å². The topological polar surface area (TPSA) is 52.3 Å². The number of methoxy groups -OCH3 is 1. The normalized spacial score (nSPS) is 10.8. The molecule has 7 heteroatoms. The van der Waals surface area contributed by atoms with Gasteiger partial charge in [-0.2, -0.15) is 0 Å². The number of fused-ring (bicyclic) bond motifs is 1. The number of aromatic nitrogens is 1. The van der Waals surface area contributed by atoms with Gasteiger partial charge in [-0.05, 0) is 12.1 Å². The van der Waals surface area contributed by atoms with Gasteiger partial charge in [0.05, 0.1) is 18.6 Å². The molecule has 0 fully saturated rings. The average Bonchev–Trinajstić information content (AvgIpc) is 2.73. The van der Waals surface area contributed by atoms with Gasteiger partial charge >= 0.3 is 5.97 Å². The molecule has 4 nitrogen and oxygen atoms in total. The van der Waals surface area contributed by atoms with E-state index >= 15 is 0 Å². The number of nitrogens with zero attached hydrogens (tertiary/aromatic N) is 1. The first-order valence-corrected chi connectivity index (χ1v) is 7.21. The number of oxazole rings is 1. The fourth-order valence-electron chi connectivity index (χ4n) is 1.37. The van der Waals surface area contributed by atoms with Crippen LogP contribution < -0.4 is 0 Å². The zero-order valence-corrected chi connectivity index (χ0v) is 12.6. The summed E-state index contributed by atoms with van der Waals surface area (Å²) in [7, 11) is 1.37. The van der Waals surface area contributed by atoms with Crippen LogP contribution in [-0.2, 0) is 9.53 Å². The lowest BCUT2D eigenvalue weighted by molar-refractivity contribution is -0.140. The summed E-state index contributed by atoms with van der Waals surface area (Å²) in [5.74, 6) is 0.370. The Balaban J connectivity index is 2.13. The number of ether oxygens (including phenoxy) is 1. The molecule has 0 aliphatic rings. The van der Waals surface area contributed by atoms with E-state index in [2.05, 4.69) is 25.7 Å². The zero-order valence-electron chi connectivity index (χ0n) is 9.41. The summed E-state index contributed by atoms with van der Waals surface area (Å²) in [6, 6.07) is 3.69. The summed E-state index contributed by atoms with van der Waals surface area (Å²) < 4.78 is 9.93. The number of hydrogen-bond acceptors (Lipinski definition) is 5. The first-order valence-electron chi connectivity index (χ1n) is 5.06. The SMILES string of the molecule is COC(=O)CCSc1ccc2nc(Br)oc2c1Cl. The Morgan fingerprint density at radius 2 is 2.39 bits per heavy atom. The van der Waals surface area contributed by atoms with Gasteiger partial charge in [0, 0.05) is 26.6 Å². The molecule has 18 heavy (non-hydrogen) atoms. The Morgan fingerprint density at radius 1 is 1.61 bits per heavy atom. The van der Waals surface area contributed by atoms with Gasteiger partial charge in [-0.1, -0.05) is 11.6 Å². The zero-order chi connectivity index (χ0) is 13.1. The van der Waals surface area contributed by atoms with E-state index in [-0.39, 0.29) is 5.97 Å². The average molecular weight is 351 g/mol. The molecule has 0 saturated carbocycles. The lowest BCUT2D eigenvalue weighted by atomic mass is 10.3. The predicted molar refractivity (Wildman–Crippen MR) is 74.1 cm³/mol. The standard InChI is InChI=1S/C11H9BrClNO3S/c1-16-8(15)4-5-18-7-3-2-6-10(9(7)13)17-11(12)14-6/h2-3H,4-5H2,1H3. The maximum Gasteiger partial charge on any atom is 0.306 e. The molecule has 2 rings (SSSR count). The monoisotopic (exact) mass is 349 g/mol. The van der Waals surface area contributed by atoms with Crippen molar-refractivity contribution < 1.29 is 13.9 Å². The predicted octanol–water partition coefficient (Wildman–Crippen LogP) is 3.90. The number of halogens is 2. The summed E-state index contributed by atoms with van der Waals surface area (Å²) in [5, 5.41) is 0.514. The minimum Gasteiger partial charge on any atom is -0.469 e. The first kappa shape index (κ1) is 13.7. The molecule has 0 saturated heterocycles. The lowest BCUT2D eigenvalue weighted by Gasteiger charge is -2.03. The second-order valence-electron chi connectivity index (χ2n) is 3.37. The van der Waals surface area contributed by atoms with E-state index in [0.29, 0.717) is 33.1 Å². The quantitative estimate of drug-likeness (QED) is 0.618. The number of carbonyl (C=O) groups excluding carboxylic acids is 1. The maximum atomic E-state index is 11.0. The Kier molecular flexibility index (Phi) is 4.53. The van der Waals surface area contributed by atoms with Crippen LogP contribution >= 0.6 is 39.3 Å². The van der Waals surface area contributed by atoms with Gasteiger partial charge in [0.15, 0.2) is 5.58 Å². The molecule has 0 aliphatic carbocycles. The number of thioether (sulfide) groups is 1. The minimum absolute atomic E-state index is 0.234. The van der Waals surface area contributed by atoms with E-state index in [9.17, 15) is 4.79 Å². The highest BCUT2D eigenvalue weighted by Gasteiger charge is 2.12. The molecule has 96 valence electrons. The summed E-state index contributed by atoms with van der Waals surface area (Å²) in [6.45, 7) is 0. The lowest BCUT2D eigenvalue weighted by Crippen LogP contribution is -2.00. The molecule has 2 aromatic rings. The van der Waals surface area contributed by atoms with E-state index in [1.807, 2.05) is 12.1 Å². The molecule has 0 atom stereocenters. The van der Waals surface area contributed by atoms with Crippen molar-refractivity contribution in [1.29, 1.82) is 0 Å². The minimum atomic E-state index is -0.234. The second-order valence-corrected chi connectivity index (χ2v) is 5.56. The third-order valence-electron chi connectivity index (χ3n) is 2.23. The summed E-state index contributed by atoms with van der Waals surface area (Å²) in [6.07, 6.45) is 0.343. The van der Waals surface area contributed by atoms with Crippen molar-refractivity contribution in [2.45, 2.75) is 11.3 Å². The fraction of sp³-hybridized carbons (Fsp3) is 0.273. The van der Waals surface area contributed by atoms with Gasteiger partial charge in [-0.15, -0.1) is 11.8 Å². The van der Waals surface area contributed by atoms with Crippen molar-refractivity contribution in [2.75, 3.05) is 12.9 Å². The van der Waals surface area contributed by atoms with Crippen molar-refractivity contribution in [3.63, 3.8) is 0 Å². The van der Waals surface area contributed by atoms with Crippen molar-refractivity contribution in [2.24, 2.45) is 0 Å². The molecule has 1 aromatic carbocycles. The first-order chi connectivity index (χ1) is 8.61. The van der Waals surface area contributed by atoms with Crippen LogP contribution in [0.25, 0.3) is 11.1 Å². The Hall–Kier alpha value is -0.720. The van der Waals surface area contributed by atoms with Crippen LogP contribution in [0.5, 0.6) is 0 Å². The van der Waals surface area contributed by atoms with Crippen molar-refractivity contribution in [3.8, 4) is 0 Å². The second kappa shape index (κ2) is 5.95. The highest BCUT2D eigenvalue weighted by Crippen LogP contribution is 2.35. The highest BCUT2D eigenvalue weighted by atomic mass is 79.9. The van der Waals surface area contributed by atoms with Crippen LogP contribution in [0.2, 0.25) is 5.02 Å². The molecule has 0 radical (unpaired) electrons. The van der Waals surface area contributed by atoms with Gasteiger partial charge in [-0.3, -0.25) is 4.79 Å².